The van der Waals surface area contributed by atoms with E-state index in [4.69, 9.17) is 22.1 Å². The Hall–Kier alpha value is -1.51. The van der Waals surface area contributed by atoms with E-state index in [9.17, 15) is 0 Å². The topological polar surface area (TPSA) is 35.2 Å². The molecule has 0 atom stereocenters. The Bertz CT molecular complexity index is 513. The van der Waals surface area contributed by atoms with Gasteiger partial charge in [0.05, 0.1) is 17.3 Å². The highest BCUT2D eigenvalue weighted by Crippen LogP contribution is 2.19. The van der Waals surface area contributed by atoms with Crippen LogP contribution < -0.4 is 5.73 Å². The van der Waals surface area contributed by atoms with Gasteiger partial charge in [-0.25, -0.2) is 0 Å². The number of aryl methyl sites for hydroxylation is 1. The van der Waals surface area contributed by atoms with Crippen molar-refractivity contribution in [2.24, 2.45) is 0 Å². The maximum Gasteiger partial charge on any atom is 0.0717 e. The predicted octanol–water partition coefficient (Wildman–Crippen LogP) is 4.07. The number of benzene rings is 2. The number of hydrogen-bond donors (Lipinski definition) is 1. The van der Waals surface area contributed by atoms with E-state index < -0.39 is 0 Å². The van der Waals surface area contributed by atoms with Gasteiger partial charge in [0.25, 0.3) is 0 Å². The molecule has 0 aliphatic rings. The van der Waals surface area contributed by atoms with E-state index in [1.165, 1.54) is 5.56 Å². The maximum atomic E-state index is 5.87. The third-order valence-electron chi connectivity index (χ3n) is 2.93. The van der Waals surface area contributed by atoms with E-state index in [0.717, 1.165) is 25.0 Å². The van der Waals surface area contributed by atoms with Gasteiger partial charge in [-0.2, -0.15) is 0 Å². The summed E-state index contributed by atoms with van der Waals surface area (Å²) < 4.78 is 5.64. The number of nitrogen functional groups attached to an aromatic ring is 1. The van der Waals surface area contributed by atoms with Gasteiger partial charge in [-0.15, -0.1) is 0 Å². The van der Waals surface area contributed by atoms with Crippen molar-refractivity contribution in [3.05, 3.63) is 64.7 Å². The molecule has 2 aromatic carbocycles. The largest absolute Gasteiger partial charge is 0.398 e. The molecule has 2 N–H and O–H groups in total. The Morgan fingerprint density at radius 2 is 1.79 bits per heavy atom. The smallest absolute Gasteiger partial charge is 0.0717 e. The minimum Gasteiger partial charge on any atom is -0.398 e. The fourth-order valence-corrected chi connectivity index (χ4v) is 2.01. The van der Waals surface area contributed by atoms with Crippen LogP contribution in [0, 0.1) is 0 Å². The van der Waals surface area contributed by atoms with E-state index in [2.05, 4.69) is 24.3 Å². The number of nitrogens with two attached hydrogens (primary N) is 1. The van der Waals surface area contributed by atoms with Crippen molar-refractivity contribution in [1.29, 1.82) is 0 Å². The lowest BCUT2D eigenvalue weighted by molar-refractivity contribution is 0.119. The van der Waals surface area contributed by atoms with Crippen LogP contribution in [0.25, 0.3) is 0 Å². The van der Waals surface area contributed by atoms with Crippen LogP contribution in [-0.2, 0) is 17.8 Å². The second-order valence-corrected chi connectivity index (χ2v) is 4.90. The third-order valence-corrected chi connectivity index (χ3v) is 3.27. The van der Waals surface area contributed by atoms with Crippen LogP contribution >= 0.6 is 11.6 Å². The van der Waals surface area contributed by atoms with Gasteiger partial charge in [0, 0.05) is 6.61 Å². The standard InChI is InChI=1S/C16H18ClNO/c17-15-9-8-14(11-16(15)18)12-19-10-4-7-13-5-2-1-3-6-13/h1-3,5-6,8-9,11H,4,7,10,12,18H2. The first kappa shape index (κ1) is 13.9. The number of halogens is 1. The van der Waals surface area contributed by atoms with Crippen LogP contribution in [0.3, 0.4) is 0 Å². The zero-order valence-electron chi connectivity index (χ0n) is 10.8. The molecule has 2 nitrogen and oxygen atoms in total. The molecular weight excluding hydrogens is 258 g/mol. The number of ether oxygens (including phenoxy) is 1. The molecule has 100 valence electrons. The SMILES string of the molecule is Nc1cc(COCCCc2ccccc2)ccc1Cl. The Morgan fingerprint density at radius 3 is 2.53 bits per heavy atom. The molecule has 2 aromatic rings. The fourth-order valence-electron chi connectivity index (χ4n) is 1.90. The van der Waals surface area contributed by atoms with E-state index in [-0.39, 0.29) is 0 Å². The molecule has 3 heteroatoms. The average molecular weight is 276 g/mol. The number of rotatable bonds is 6. The second kappa shape index (κ2) is 7.17. The first-order valence-corrected chi connectivity index (χ1v) is 6.79. The Morgan fingerprint density at radius 1 is 1.00 bits per heavy atom. The highest BCUT2D eigenvalue weighted by molar-refractivity contribution is 6.33. The van der Waals surface area contributed by atoms with Crippen LogP contribution in [0.1, 0.15) is 17.5 Å². The monoisotopic (exact) mass is 275 g/mol. The van der Waals surface area contributed by atoms with Gasteiger partial charge in [-0.1, -0.05) is 48.0 Å². The van der Waals surface area contributed by atoms with Gasteiger partial charge in [-0.3, -0.25) is 0 Å². The third kappa shape index (κ3) is 4.58. The molecule has 0 saturated heterocycles. The summed E-state index contributed by atoms with van der Waals surface area (Å²) in [5.74, 6) is 0. The molecule has 0 heterocycles. The van der Waals surface area contributed by atoms with Crippen LogP contribution in [-0.4, -0.2) is 6.61 Å². The summed E-state index contributed by atoms with van der Waals surface area (Å²) in [5.41, 5.74) is 8.75. The maximum absolute atomic E-state index is 5.87. The van der Waals surface area contributed by atoms with E-state index in [0.29, 0.717) is 17.3 Å². The van der Waals surface area contributed by atoms with Gasteiger partial charge in [0.2, 0.25) is 0 Å². The lowest BCUT2D eigenvalue weighted by atomic mass is 10.1. The Labute approximate surface area is 119 Å². The summed E-state index contributed by atoms with van der Waals surface area (Å²) in [6, 6.07) is 16.0. The molecule has 0 bridgehead atoms. The predicted molar refractivity (Wildman–Crippen MR) is 80.3 cm³/mol. The summed E-state index contributed by atoms with van der Waals surface area (Å²) in [5, 5.41) is 0.591. The molecular formula is C16H18ClNO. The second-order valence-electron chi connectivity index (χ2n) is 4.50. The van der Waals surface area contributed by atoms with Crippen molar-refractivity contribution in [3.8, 4) is 0 Å². The van der Waals surface area contributed by atoms with E-state index in [1.54, 1.807) is 6.07 Å². The number of anilines is 1. The summed E-state index contributed by atoms with van der Waals surface area (Å²) in [6.07, 6.45) is 2.07. The molecule has 0 aromatic heterocycles. The summed E-state index contributed by atoms with van der Waals surface area (Å²) >= 11 is 5.87. The Balaban J connectivity index is 1.68. The van der Waals surface area contributed by atoms with Crippen LogP contribution in [0.5, 0.6) is 0 Å². The summed E-state index contributed by atoms with van der Waals surface area (Å²) in [4.78, 5) is 0. The molecule has 0 aliphatic heterocycles. The lowest BCUT2D eigenvalue weighted by Crippen LogP contribution is -1.98. The van der Waals surface area contributed by atoms with Crippen molar-refractivity contribution in [3.63, 3.8) is 0 Å². The molecule has 0 fully saturated rings. The first-order valence-electron chi connectivity index (χ1n) is 6.41. The molecule has 0 unspecified atom stereocenters. The molecule has 0 amide bonds. The van der Waals surface area contributed by atoms with Gasteiger partial charge in [0.15, 0.2) is 0 Å². The minimum absolute atomic E-state index is 0.580. The van der Waals surface area contributed by atoms with Gasteiger partial charge in [-0.05, 0) is 36.1 Å². The van der Waals surface area contributed by atoms with Crippen LogP contribution in [0.4, 0.5) is 5.69 Å². The molecule has 0 aliphatic carbocycles. The zero-order chi connectivity index (χ0) is 13.5. The molecule has 0 radical (unpaired) electrons. The molecule has 0 spiro atoms. The van der Waals surface area contributed by atoms with Crippen molar-refractivity contribution in [2.45, 2.75) is 19.4 Å². The summed E-state index contributed by atoms with van der Waals surface area (Å²) in [6.45, 7) is 1.33. The van der Waals surface area contributed by atoms with Crippen LogP contribution in [0.15, 0.2) is 48.5 Å². The number of hydrogen-bond acceptors (Lipinski definition) is 2. The van der Waals surface area contributed by atoms with Gasteiger partial charge < -0.3 is 10.5 Å². The molecule has 19 heavy (non-hydrogen) atoms. The van der Waals surface area contributed by atoms with E-state index >= 15 is 0 Å². The quantitative estimate of drug-likeness (QED) is 0.637. The van der Waals surface area contributed by atoms with Crippen molar-refractivity contribution in [1.82, 2.24) is 0 Å². The molecule has 2 rings (SSSR count). The van der Waals surface area contributed by atoms with Gasteiger partial charge in [0.1, 0.15) is 0 Å². The average Bonchev–Trinajstić information content (AvgIpc) is 2.43. The molecule has 0 saturated carbocycles. The Kier molecular flexibility index (Phi) is 5.25. The normalized spacial score (nSPS) is 10.6. The van der Waals surface area contributed by atoms with Crippen LogP contribution in [0.2, 0.25) is 5.02 Å². The van der Waals surface area contributed by atoms with Gasteiger partial charge >= 0.3 is 0 Å². The van der Waals surface area contributed by atoms with Crippen molar-refractivity contribution >= 4 is 17.3 Å². The highest BCUT2D eigenvalue weighted by Gasteiger charge is 1.99. The minimum atomic E-state index is 0.580. The van der Waals surface area contributed by atoms with Crippen molar-refractivity contribution < 1.29 is 4.74 Å². The summed E-state index contributed by atoms with van der Waals surface area (Å²) in [7, 11) is 0. The fraction of sp³-hybridized carbons (Fsp3) is 0.250. The first-order chi connectivity index (χ1) is 9.25. The lowest BCUT2D eigenvalue weighted by Gasteiger charge is -2.06. The van der Waals surface area contributed by atoms with Crippen molar-refractivity contribution in [2.75, 3.05) is 12.3 Å². The zero-order valence-corrected chi connectivity index (χ0v) is 11.6. The highest BCUT2D eigenvalue weighted by atomic mass is 35.5. The van der Waals surface area contributed by atoms with E-state index in [1.807, 2.05) is 18.2 Å².